The first kappa shape index (κ1) is 7.30. The third kappa shape index (κ3) is 2.19. The molecule has 0 atom stereocenters. The second-order valence-electron chi connectivity index (χ2n) is 1.07. The molecular weight excluding hydrogens is 176 g/mol. The molecule has 0 amide bonds. The van der Waals surface area contributed by atoms with Gasteiger partial charge in [-0.05, 0) is 0 Å². The lowest BCUT2D eigenvalue weighted by Gasteiger charge is -1.78. The Balaban J connectivity index is 0.000000360. The van der Waals surface area contributed by atoms with Crippen LogP contribution in [0.2, 0.25) is 0 Å². The van der Waals surface area contributed by atoms with Crippen LogP contribution < -0.4 is 5.73 Å². The van der Waals surface area contributed by atoms with Crippen molar-refractivity contribution in [2.24, 2.45) is 10.7 Å². The smallest absolute Gasteiger partial charge is 0.153 e. The van der Waals surface area contributed by atoms with Crippen molar-refractivity contribution < 1.29 is 0 Å². The fraction of sp³-hybridized carbons (Fsp3) is 0.667. The van der Waals surface area contributed by atoms with E-state index in [1.807, 2.05) is 0 Å². The van der Waals surface area contributed by atoms with Gasteiger partial charge in [0.15, 0.2) is 5.17 Å². The van der Waals surface area contributed by atoms with Crippen molar-refractivity contribution in [1.29, 1.82) is 0 Å². The number of hydrogen-bond acceptors (Lipinski definition) is 3. The van der Waals surface area contributed by atoms with Gasteiger partial charge >= 0.3 is 0 Å². The lowest BCUT2D eigenvalue weighted by atomic mass is 10.8. The molecule has 0 saturated heterocycles. The first-order valence-corrected chi connectivity index (χ1v) is 2.81. The van der Waals surface area contributed by atoms with Gasteiger partial charge < -0.3 is 5.73 Å². The molecule has 0 radical (unpaired) electrons. The van der Waals surface area contributed by atoms with Crippen molar-refractivity contribution in [1.82, 2.24) is 0 Å². The van der Waals surface area contributed by atoms with Crippen LogP contribution in [0.4, 0.5) is 0 Å². The van der Waals surface area contributed by atoms with Crippen molar-refractivity contribution in [3.05, 3.63) is 0 Å². The summed E-state index contributed by atoms with van der Waals surface area (Å²) in [7, 11) is 0. The molecule has 1 rings (SSSR count). The Morgan fingerprint density at radius 2 is 2.43 bits per heavy atom. The van der Waals surface area contributed by atoms with E-state index in [0.29, 0.717) is 0 Å². The van der Waals surface area contributed by atoms with E-state index in [2.05, 4.69) is 4.99 Å². The third-order valence-electron chi connectivity index (χ3n) is 0.609. The molecule has 0 aromatic carbocycles. The maximum absolute atomic E-state index is 5.25. The first-order valence-electron chi connectivity index (χ1n) is 1.82. The highest BCUT2D eigenvalue weighted by Crippen LogP contribution is 2.05. The average molecular weight is 183 g/mol. The molecule has 0 bridgehead atoms. The van der Waals surface area contributed by atoms with Crippen molar-refractivity contribution in [2.75, 3.05) is 12.3 Å². The largest absolute Gasteiger partial charge is 0.379 e. The molecule has 0 saturated carbocycles. The Labute approximate surface area is 57.3 Å². The zero-order valence-electron chi connectivity index (χ0n) is 3.76. The fourth-order valence-corrected chi connectivity index (χ4v) is 0.926. The van der Waals surface area contributed by atoms with E-state index >= 15 is 0 Å². The monoisotopic (exact) mass is 182 g/mol. The molecule has 1 aliphatic rings. The van der Waals surface area contributed by atoms with Crippen LogP contribution in [-0.2, 0) is 0 Å². The number of thioether (sulfide) groups is 1. The highest BCUT2D eigenvalue weighted by atomic mass is 79.9. The average Bonchev–Trinajstić information content (AvgIpc) is 1.86. The van der Waals surface area contributed by atoms with Crippen molar-refractivity contribution in [3.63, 3.8) is 0 Å². The standard InChI is InChI=1S/C3H6N2S.BrH/c4-3-5-1-2-6-3;/h1-2H2,(H2,4,5);1H. The summed E-state index contributed by atoms with van der Waals surface area (Å²) in [6.45, 7) is 0.913. The molecule has 0 aromatic rings. The second kappa shape index (κ2) is 3.32. The second-order valence-corrected chi connectivity index (χ2v) is 2.18. The maximum atomic E-state index is 5.25. The highest BCUT2D eigenvalue weighted by Gasteiger charge is 1.98. The van der Waals surface area contributed by atoms with Crippen LogP contribution in [0.3, 0.4) is 0 Å². The molecule has 0 aromatic heterocycles. The van der Waals surface area contributed by atoms with Crippen LogP contribution in [0.15, 0.2) is 4.99 Å². The molecule has 0 unspecified atom stereocenters. The normalized spacial score (nSPS) is 18.0. The van der Waals surface area contributed by atoms with Crippen LogP contribution >= 0.6 is 28.7 Å². The molecule has 7 heavy (non-hydrogen) atoms. The Morgan fingerprint density at radius 3 is 2.57 bits per heavy atom. The predicted molar refractivity (Wildman–Crippen MR) is 39.3 cm³/mol. The summed E-state index contributed by atoms with van der Waals surface area (Å²) in [5.74, 6) is 1.08. The molecular formula is C3H7BrN2S. The van der Waals surface area contributed by atoms with E-state index in [1.54, 1.807) is 11.8 Å². The molecule has 1 heterocycles. The summed E-state index contributed by atoms with van der Waals surface area (Å²) in [4.78, 5) is 3.89. The van der Waals surface area contributed by atoms with Gasteiger partial charge in [-0.2, -0.15) is 0 Å². The molecule has 2 N–H and O–H groups in total. The molecule has 4 heteroatoms. The van der Waals surface area contributed by atoms with E-state index in [4.69, 9.17) is 5.73 Å². The lowest BCUT2D eigenvalue weighted by Crippen LogP contribution is -2.00. The Kier molecular flexibility index (Phi) is 3.46. The maximum Gasteiger partial charge on any atom is 0.153 e. The Morgan fingerprint density at radius 1 is 1.71 bits per heavy atom. The van der Waals surface area contributed by atoms with Gasteiger partial charge in [-0.1, -0.05) is 11.8 Å². The Bertz CT molecular complexity index is 83.0. The van der Waals surface area contributed by atoms with Gasteiger partial charge in [0.05, 0.1) is 6.54 Å². The van der Waals surface area contributed by atoms with Crippen molar-refractivity contribution in [2.45, 2.75) is 0 Å². The van der Waals surface area contributed by atoms with E-state index in [-0.39, 0.29) is 17.0 Å². The molecule has 2 nitrogen and oxygen atoms in total. The van der Waals surface area contributed by atoms with E-state index in [1.165, 1.54) is 0 Å². The third-order valence-corrected chi connectivity index (χ3v) is 1.42. The van der Waals surface area contributed by atoms with Crippen LogP contribution in [0.5, 0.6) is 0 Å². The summed E-state index contributed by atoms with van der Waals surface area (Å²) in [5.41, 5.74) is 5.25. The van der Waals surface area contributed by atoms with Gasteiger partial charge in [0.2, 0.25) is 0 Å². The molecule has 0 aliphatic carbocycles. The van der Waals surface area contributed by atoms with E-state index in [0.717, 1.165) is 17.5 Å². The van der Waals surface area contributed by atoms with E-state index in [9.17, 15) is 0 Å². The molecule has 0 fully saturated rings. The Hall–Kier alpha value is 0.300. The summed E-state index contributed by atoms with van der Waals surface area (Å²) >= 11 is 1.62. The van der Waals surface area contributed by atoms with Crippen LogP contribution in [0.25, 0.3) is 0 Å². The van der Waals surface area contributed by atoms with Gasteiger partial charge in [-0.25, -0.2) is 0 Å². The SMILES string of the molecule is Br.NC1=NCCS1. The van der Waals surface area contributed by atoms with Crippen molar-refractivity contribution in [3.8, 4) is 0 Å². The van der Waals surface area contributed by atoms with Gasteiger partial charge in [-0.3, -0.25) is 4.99 Å². The number of aliphatic imine (C=N–C) groups is 1. The summed E-state index contributed by atoms with van der Waals surface area (Å²) in [6, 6.07) is 0. The minimum absolute atomic E-state index is 0. The number of nitrogens with zero attached hydrogens (tertiary/aromatic N) is 1. The van der Waals surface area contributed by atoms with E-state index < -0.39 is 0 Å². The van der Waals surface area contributed by atoms with Gasteiger partial charge in [0, 0.05) is 5.75 Å². The zero-order chi connectivity index (χ0) is 4.41. The number of halogens is 1. The quantitative estimate of drug-likeness (QED) is 0.598. The summed E-state index contributed by atoms with van der Waals surface area (Å²) < 4.78 is 0. The minimum Gasteiger partial charge on any atom is -0.379 e. The zero-order valence-corrected chi connectivity index (χ0v) is 6.28. The van der Waals surface area contributed by atoms with Crippen LogP contribution in [0.1, 0.15) is 0 Å². The van der Waals surface area contributed by atoms with Gasteiger partial charge in [0.25, 0.3) is 0 Å². The number of hydrogen-bond donors (Lipinski definition) is 1. The lowest BCUT2D eigenvalue weighted by molar-refractivity contribution is 1.17. The predicted octanol–water partition coefficient (Wildman–Crippen LogP) is 0.626. The van der Waals surface area contributed by atoms with Crippen LogP contribution in [0, 0.1) is 0 Å². The summed E-state index contributed by atoms with van der Waals surface area (Å²) in [6.07, 6.45) is 0. The highest BCUT2D eigenvalue weighted by molar-refractivity contribution is 8.93. The first-order chi connectivity index (χ1) is 2.89. The van der Waals surface area contributed by atoms with Crippen LogP contribution in [-0.4, -0.2) is 17.5 Å². The van der Waals surface area contributed by atoms with Crippen molar-refractivity contribution >= 4 is 33.9 Å². The number of nitrogens with two attached hydrogens (primary N) is 1. The minimum atomic E-state index is 0. The fourth-order valence-electron chi connectivity index (χ4n) is 0.352. The van der Waals surface area contributed by atoms with Gasteiger partial charge in [-0.15, -0.1) is 17.0 Å². The molecule has 42 valence electrons. The molecule has 1 aliphatic heterocycles. The molecule has 0 spiro atoms. The van der Waals surface area contributed by atoms with Gasteiger partial charge in [0.1, 0.15) is 0 Å². The topological polar surface area (TPSA) is 38.4 Å². The number of rotatable bonds is 0. The summed E-state index contributed by atoms with van der Waals surface area (Å²) in [5, 5.41) is 0.745. The number of amidine groups is 1.